The first-order chi connectivity index (χ1) is 7.14. The lowest BCUT2D eigenvalue weighted by Crippen LogP contribution is -2.22. The molecule has 1 amide bonds. The Labute approximate surface area is 88.9 Å². The van der Waals surface area contributed by atoms with Gasteiger partial charge in [0, 0.05) is 12.0 Å². The highest BCUT2D eigenvalue weighted by atomic mass is 16.2. The molecule has 0 bridgehead atoms. The number of pyridine rings is 1. The number of carbonyl (C=O) groups excluding carboxylic acids is 1. The molecule has 3 N–H and O–H groups in total. The lowest BCUT2D eigenvalue weighted by molar-refractivity contribution is -0.120. The van der Waals surface area contributed by atoms with E-state index in [0.29, 0.717) is 12.4 Å². The summed E-state index contributed by atoms with van der Waals surface area (Å²) in [5, 5.41) is 2.81. The fourth-order valence-electron chi connectivity index (χ4n) is 1.34. The van der Waals surface area contributed by atoms with Gasteiger partial charge in [0.05, 0.1) is 5.69 Å². The van der Waals surface area contributed by atoms with Crippen molar-refractivity contribution in [1.82, 2.24) is 4.98 Å². The predicted molar refractivity (Wildman–Crippen MR) is 58.1 cm³/mol. The minimum absolute atomic E-state index is 0.0594. The van der Waals surface area contributed by atoms with Crippen LogP contribution in [-0.4, -0.2) is 10.9 Å². The second-order valence-electron chi connectivity index (χ2n) is 4.23. The first kappa shape index (κ1) is 10.1. The number of nitrogens with zero attached hydrogens (tertiary/aromatic N) is 1. The van der Waals surface area contributed by atoms with Gasteiger partial charge in [0.1, 0.15) is 5.82 Å². The Morgan fingerprint density at radius 1 is 1.60 bits per heavy atom. The van der Waals surface area contributed by atoms with Crippen molar-refractivity contribution in [2.45, 2.75) is 26.3 Å². The molecular formula is C11H15N3O. The minimum Gasteiger partial charge on any atom is -0.325 e. The highest BCUT2D eigenvalue weighted by Gasteiger charge is 2.44. The Kier molecular flexibility index (Phi) is 2.44. The number of rotatable bonds is 3. The third-order valence-corrected chi connectivity index (χ3v) is 2.81. The predicted octanol–water partition coefficient (Wildman–Crippen LogP) is 1.28. The number of amides is 1. The quantitative estimate of drug-likeness (QED) is 0.781. The molecule has 1 aliphatic carbocycles. The summed E-state index contributed by atoms with van der Waals surface area (Å²) < 4.78 is 0. The van der Waals surface area contributed by atoms with Crippen LogP contribution < -0.4 is 11.1 Å². The number of carbonyl (C=O) groups is 1. The third kappa shape index (κ3) is 2.15. The molecule has 1 heterocycles. The SMILES string of the molecule is CC1(C(=O)Nc2cccc(CN)n2)CC1. The second kappa shape index (κ2) is 3.62. The number of anilines is 1. The van der Waals surface area contributed by atoms with Gasteiger partial charge in [0.2, 0.25) is 5.91 Å². The summed E-state index contributed by atoms with van der Waals surface area (Å²) in [7, 11) is 0. The van der Waals surface area contributed by atoms with Gasteiger partial charge in [-0.2, -0.15) is 0 Å². The van der Waals surface area contributed by atoms with Crippen molar-refractivity contribution in [1.29, 1.82) is 0 Å². The van der Waals surface area contributed by atoms with Gasteiger partial charge >= 0.3 is 0 Å². The Morgan fingerprint density at radius 3 is 2.93 bits per heavy atom. The maximum absolute atomic E-state index is 11.7. The smallest absolute Gasteiger partial charge is 0.231 e. The largest absolute Gasteiger partial charge is 0.325 e. The molecule has 80 valence electrons. The zero-order chi connectivity index (χ0) is 10.9. The van der Waals surface area contributed by atoms with Crippen LogP contribution in [0.15, 0.2) is 18.2 Å². The van der Waals surface area contributed by atoms with Crippen LogP contribution in [0.3, 0.4) is 0 Å². The molecule has 0 radical (unpaired) electrons. The van der Waals surface area contributed by atoms with E-state index in [0.717, 1.165) is 18.5 Å². The average molecular weight is 205 g/mol. The first-order valence-electron chi connectivity index (χ1n) is 5.11. The van der Waals surface area contributed by atoms with E-state index in [4.69, 9.17) is 5.73 Å². The Morgan fingerprint density at radius 2 is 2.33 bits per heavy atom. The molecule has 1 aromatic heterocycles. The van der Waals surface area contributed by atoms with Gasteiger partial charge in [-0.25, -0.2) is 4.98 Å². The Balaban J connectivity index is 2.07. The Hall–Kier alpha value is -1.42. The molecule has 4 nitrogen and oxygen atoms in total. The summed E-state index contributed by atoms with van der Waals surface area (Å²) in [6.45, 7) is 2.36. The summed E-state index contributed by atoms with van der Waals surface area (Å²) in [6, 6.07) is 5.47. The molecule has 0 aromatic carbocycles. The zero-order valence-corrected chi connectivity index (χ0v) is 8.79. The number of hydrogen-bond acceptors (Lipinski definition) is 3. The van der Waals surface area contributed by atoms with Gasteiger partial charge in [-0.1, -0.05) is 13.0 Å². The molecule has 1 aliphatic rings. The topological polar surface area (TPSA) is 68.0 Å². The van der Waals surface area contributed by atoms with Crippen LogP contribution in [0.1, 0.15) is 25.5 Å². The second-order valence-corrected chi connectivity index (χ2v) is 4.23. The Bertz CT molecular complexity index is 385. The fraction of sp³-hybridized carbons (Fsp3) is 0.455. The van der Waals surface area contributed by atoms with Crippen LogP contribution in [0.4, 0.5) is 5.82 Å². The van der Waals surface area contributed by atoms with Gasteiger partial charge in [-0.15, -0.1) is 0 Å². The molecule has 0 unspecified atom stereocenters. The van der Waals surface area contributed by atoms with Gasteiger partial charge in [-0.05, 0) is 25.0 Å². The maximum Gasteiger partial charge on any atom is 0.231 e. The van der Waals surface area contributed by atoms with E-state index in [1.54, 1.807) is 6.07 Å². The highest BCUT2D eigenvalue weighted by molar-refractivity contribution is 5.96. The van der Waals surface area contributed by atoms with Crippen LogP contribution in [0.25, 0.3) is 0 Å². The molecule has 0 spiro atoms. The number of hydrogen-bond donors (Lipinski definition) is 2. The molecule has 0 aliphatic heterocycles. The van der Waals surface area contributed by atoms with E-state index >= 15 is 0 Å². The third-order valence-electron chi connectivity index (χ3n) is 2.81. The van der Waals surface area contributed by atoms with E-state index in [2.05, 4.69) is 10.3 Å². The molecule has 1 saturated carbocycles. The van der Waals surface area contributed by atoms with Gasteiger partial charge in [0.25, 0.3) is 0 Å². The fourth-order valence-corrected chi connectivity index (χ4v) is 1.34. The van der Waals surface area contributed by atoms with Crippen LogP contribution in [0.5, 0.6) is 0 Å². The van der Waals surface area contributed by atoms with Crippen LogP contribution >= 0.6 is 0 Å². The van der Waals surface area contributed by atoms with E-state index in [9.17, 15) is 4.79 Å². The molecule has 0 saturated heterocycles. The van der Waals surface area contributed by atoms with Crippen molar-refractivity contribution in [2.75, 3.05) is 5.32 Å². The van der Waals surface area contributed by atoms with Crippen molar-refractivity contribution in [2.24, 2.45) is 11.1 Å². The molecule has 0 atom stereocenters. The lowest BCUT2D eigenvalue weighted by Gasteiger charge is -2.09. The normalized spacial score (nSPS) is 17.2. The van der Waals surface area contributed by atoms with Crippen LogP contribution in [0.2, 0.25) is 0 Å². The summed E-state index contributed by atoms with van der Waals surface area (Å²) in [5.74, 6) is 0.653. The minimum atomic E-state index is -0.166. The maximum atomic E-state index is 11.7. The molecular weight excluding hydrogens is 190 g/mol. The zero-order valence-electron chi connectivity index (χ0n) is 8.79. The standard InChI is InChI=1S/C11H15N3O/c1-11(5-6-11)10(15)14-9-4-2-3-8(7-12)13-9/h2-4H,5-7,12H2,1H3,(H,13,14,15). The summed E-state index contributed by atoms with van der Waals surface area (Å²) in [5.41, 5.74) is 6.09. The number of aromatic nitrogens is 1. The van der Waals surface area contributed by atoms with E-state index in [1.165, 1.54) is 0 Å². The molecule has 1 aromatic rings. The number of nitrogens with two attached hydrogens (primary N) is 1. The monoisotopic (exact) mass is 205 g/mol. The van der Waals surface area contributed by atoms with Crippen molar-refractivity contribution in [3.05, 3.63) is 23.9 Å². The van der Waals surface area contributed by atoms with E-state index in [-0.39, 0.29) is 11.3 Å². The van der Waals surface area contributed by atoms with E-state index in [1.807, 2.05) is 19.1 Å². The molecule has 15 heavy (non-hydrogen) atoms. The van der Waals surface area contributed by atoms with Crippen molar-refractivity contribution >= 4 is 11.7 Å². The van der Waals surface area contributed by atoms with Crippen molar-refractivity contribution in [3.63, 3.8) is 0 Å². The highest BCUT2D eigenvalue weighted by Crippen LogP contribution is 2.45. The van der Waals surface area contributed by atoms with Crippen LogP contribution in [0, 0.1) is 5.41 Å². The van der Waals surface area contributed by atoms with Crippen molar-refractivity contribution in [3.8, 4) is 0 Å². The van der Waals surface area contributed by atoms with Crippen LogP contribution in [-0.2, 0) is 11.3 Å². The van der Waals surface area contributed by atoms with Crippen molar-refractivity contribution < 1.29 is 4.79 Å². The molecule has 1 fully saturated rings. The first-order valence-corrected chi connectivity index (χ1v) is 5.11. The number of nitrogens with one attached hydrogen (secondary N) is 1. The molecule has 4 heteroatoms. The summed E-state index contributed by atoms with van der Waals surface area (Å²) >= 11 is 0. The van der Waals surface area contributed by atoms with Gasteiger partial charge in [-0.3, -0.25) is 4.79 Å². The molecule has 2 rings (SSSR count). The average Bonchev–Trinajstić information content (AvgIpc) is 2.98. The summed E-state index contributed by atoms with van der Waals surface area (Å²) in [6.07, 6.45) is 1.94. The van der Waals surface area contributed by atoms with Gasteiger partial charge < -0.3 is 11.1 Å². The van der Waals surface area contributed by atoms with Gasteiger partial charge in [0.15, 0.2) is 0 Å². The van der Waals surface area contributed by atoms with E-state index < -0.39 is 0 Å². The lowest BCUT2D eigenvalue weighted by atomic mass is 10.1. The summed E-state index contributed by atoms with van der Waals surface area (Å²) in [4.78, 5) is 15.9.